The molecule has 7 nitrogen and oxygen atoms in total. The van der Waals surface area contributed by atoms with E-state index in [2.05, 4.69) is 19.6 Å². The van der Waals surface area contributed by atoms with Gasteiger partial charge in [0.2, 0.25) is 5.60 Å². The van der Waals surface area contributed by atoms with Crippen molar-refractivity contribution in [1.29, 1.82) is 0 Å². The van der Waals surface area contributed by atoms with E-state index in [0.29, 0.717) is 6.42 Å². The first-order valence-corrected chi connectivity index (χ1v) is 12.7. The van der Waals surface area contributed by atoms with Gasteiger partial charge in [0.1, 0.15) is 12.2 Å². The molecule has 8 heteroatoms. The summed E-state index contributed by atoms with van der Waals surface area (Å²) >= 11 is 0. The van der Waals surface area contributed by atoms with E-state index in [4.69, 9.17) is 18.6 Å². The van der Waals surface area contributed by atoms with Crippen molar-refractivity contribution in [1.82, 2.24) is 0 Å². The maximum atomic E-state index is 13.0. The van der Waals surface area contributed by atoms with Gasteiger partial charge in [-0.1, -0.05) is 0 Å². The standard InChI is InChI=1S/C18H26O7Si/c1-15(2,21)9-10-13(19)22-11(9)12-16(3)17(10,25-26(4,5)6)7-8-18(16,24-8)14(20)23-12/h8-12,21H,7H2,1-6H3. The lowest BCUT2D eigenvalue weighted by atomic mass is 9.52. The molecule has 0 amide bonds. The third kappa shape index (κ3) is 1.55. The highest BCUT2D eigenvalue weighted by molar-refractivity contribution is 6.69. The molecular formula is C18H26O7Si. The van der Waals surface area contributed by atoms with Crippen LogP contribution in [0.15, 0.2) is 0 Å². The Kier molecular flexibility index (Phi) is 2.78. The maximum Gasteiger partial charge on any atom is 0.342 e. The number of carbonyl (C=O) groups is 2. The molecule has 3 heterocycles. The molecule has 26 heavy (non-hydrogen) atoms. The molecule has 2 saturated carbocycles. The van der Waals surface area contributed by atoms with Crippen LogP contribution >= 0.6 is 0 Å². The van der Waals surface area contributed by atoms with E-state index < -0.39 is 54.6 Å². The number of rotatable bonds is 3. The zero-order chi connectivity index (χ0) is 19.1. The van der Waals surface area contributed by atoms with Crippen LogP contribution in [0.2, 0.25) is 19.6 Å². The summed E-state index contributed by atoms with van der Waals surface area (Å²) in [4.78, 5) is 25.8. The van der Waals surface area contributed by atoms with Crippen LogP contribution in [0.1, 0.15) is 27.2 Å². The third-order valence-electron chi connectivity index (χ3n) is 7.29. The van der Waals surface area contributed by atoms with Gasteiger partial charge in [-0.3, -0.25) is 4.79 Å². The number of aliphatic hydroxyl groups is 1. The minimum Gasteiger partial charge on any atom is -0.458 e. The molecule has 0 aromatic carbocycles. The summed E-state index contributed by atoms with van der Waals surface area (Å²) in [5, 5.41) is 10.9. The van der Waals surface area contributed by atoms with Crippen molar-refractivity contribution in [3.05, 3.63) is 0 Å². The molecule has 2 aliphatic carbocycles. The van der Waals surface area contributed by atoms with Gasteiger partial charge in [-0.2, -0.15) is 0 Å². The van der Waals surface area contributed by atoms with Crippen molar-refractivity contribution in [2.75, 3.05) is 0 Å². The predicted octanol–water partition coefficient (Wildman–Crippen LogP) is 0.992. The fourth-order valence-electron chi connectivity index (χ4n) is 6.56. The highest BCUT2D eigenvalue weighted by Gasteiger charge is 2.96. The lowest BCUT2D eigenvalue weighted by Gasteiger charge is -2.57. The summed E-state index contributed by atoms with van der Waals surface area (Å²) < 4.78 is 24.1. The summed E-state index contributed by atoms with van der Waals surface area (Å²) in [6.45, 7) is 11.5. The van der Waals surface area contributed by atoms with Gasteiger partial charge in [0.05, 0.1) is 22.5 Å². The average molecular weight is 382 g/mol. The molecule has 8 unspecified atom stereocenters. The van der Waals surface area contributed by atoms with Gasteiger partial charge in [0.15, 0.2) is 14.4 Å². The molecule has 3 saturated heterocycles. The molecule has 5 fully saturated rings. The van der Waals surface area contributed by atoms with E-state index in [1.807, 2.05) is 6.92 Å². The van der Waals surface area contributed by atoms with E-state index in [1.54, 1.807) is 13.8 Å². The Morgan fingerprint density at radius 3 is 2.46 bits per heavy atom. The number of epoxide rings is 1. The van der Waals surface area contributed by atoms with Crippen LogP contribution in [0.3, 0.4) is 0 Å². The molecule has 144 valence electrons. The van der Waals surface area contributed by atoms with Crippen LogP contribution in [-0.4, -0.2) is 60.5 Å². The number of ether oxygens (including phenoxy) is 3. The molecule has 0 radical (unpaired) electrons. The summed E-state index contributed by atoms with van der Waals surface area (Å²) in [6, 6.07) is 0. The second-order valence-electron chi connectivity index (χ2n) is 10.2. The molecule has 2 bridgehead atoms. The van der Waals surface area contributed by atoms with Gasteiger partial charge in [-0.05, 0) is 40.4 Å². The first-order chi connectivity index (χ1) is 11.8. The Morgan fingerprint density at radius 1 is 1.23 bits per heavy atom. The van der Waals surface area contributed by atoms with Gasteiger partial charge in [-0.15, -0.1) is 0 Å². The minimum absolute atomic E-state index is 0.295. The van der Waals surface area contributed by atoms with Gasteiger partial charge < -0.3 is 23.7 Å². The van der Waals surface area contributed by atoms with Crippen LogP contribution in [0.4, 0.5) is 0 Å². The lowest BCUT2D eigenvalue weighted by molar-refractivity contribution is -0.215. The zero-order valence-corrected chi connectivity index (χ0v) is 17.0. The Morgan fingerprint density at radius 2 is 1.88 bits per heavy atom. The molecule has 5 aliphatic rings. The highest BCUT2D eigenvalue weighted by Crippen LogP contribution is 2.78. The molecule has 1 spiro atoms. The number of hydrogen-bond acceptors (Lipinski definition) is 7. The van der Waals surface area contributed by atoms with Crippen molar-refractivity contribution < 1.29 is 33.3 Å². The smallest absolute Gasteiger partial charge is 0.342 e. The molecular weight excluding hydrogens is 356 g/mol. The van der Waals surface area contributed by atoms with Gasteiger partial charge in [0, 0.05) is 12.3 Å². The highest BCUT2D eigenvalue weighted by atomic mass is 28.4. The van der Waals surface area contributed by atoms with Crippen LogP contribution in [0.25, 0.3) is 0 Å². The SMILES string of the molecule is CC(C)(O)C1C2OC(=O)C1C1(O[Si](C)(C)C)CC3OC34C(=O)OC2C14C. The van der Waals surface area contributed by atoms with E-state index in [9.17, 15) is 14.7 Å². The Hall–Kier alpha value is -0.963. The van der Waals surface area contributed by atoms with Gasteiger partial charge >= 0.3 is 11.9 Å². The van der Waals surface area contributed by atoms with Gasteiger partial charge in [-0.25, -0.2) is 4.79 Å². The normalized spacial score (nSPS) is 53.9. The quantitative estimate of drug-likeness (QED) is 0.442. The van der Waals surface area contributed by atoms with Crippen LogP contribution in [0, 0.1) is 17.3 Å². The predicted molar refractivity (Wildman–Crippen MR) is 90.5 cm³/mol. The maximum absolute atomic E-state index is 13.0. The van der Waals surface area contributed by atoms with Crippen molar-refractivity contribution in [2.45, 2.75) is 81.9 Å². The average Bonchev–Trinajstić information content (AvgIpc) is 2.92. The first-order valence-electron chi connectivity index (χ1n) is 9.31. The Bertz CT molecular complexity index is 739. The fraction of sp³-hybridized carbons (Fsp3) is 0.889. The molecule has 0 aromatic rings. The largest absolute Gasteiger partial charge is 0.458 e. The topological polar surface area (TPSA) is 94.6 Å². The molecule has 8 atom stereocenters. The number of fused-ring (bicyclic) bond motifs is 4. The molecule has 3 aliphatic heterocycles. The molecule has 0 aromatic heterocycles. The first kappa shape index (κ1) is 17.2. The van der Waals surface area contributed by atoms with Crippen molar-refractivity contribution >= 4 is 20.3 Å². The molecule has 1 N–H and O–H groups in total. The van der Waals surface area contributed by atoms with E-state index in [0.717, 1.165) is 0 Å². The van der Waals surface area contributed by atoms with E-state index in [1.165, 1.54) is 0 Å². The zero-order valence-electron chi connectivity index (χ0n) is 16.0. The number of hydrogen-bond donors (Lipinski definition) is 1. The fourth-order valence-corrected chi connectivity index (χ4v) is 8.07. The Labute approximate surface area is 153 Å². The van der Waals surface area contributed by atoms with Crippen LogP contribution in [0.5, 0.6) is 0 Å². The monoisotopic (exact) mass is 382 g/mol. The summed E-state index contributed by atoms with van der Waals surface area (Å²) in [5.41, 5.74) is -3.93. The second-order valence-corrected chi connectivity index (χ2v) is 14.7. The molecule has 5 rings (SSSR count). The number of carbonyl (C=O) groups excluding carboxylic acids is 2. The van der Waals surface area contributed by atoms with E-state index in [-0.39, 0.29) is 18.0 Å². The minimum atomic E-state index is -2.12. The summed E-state index contributed by atoms with van der Waals surface area (Å²) in [5.74, 6) is -1.87. The van der Waals surface area contributed by atoms with Crippen molar-refractivity contribution in [3.8, 4) is 0 Å². The van der Waals surface area contributed by atoms with Crippen molar-refractivity contribution in [3.63, 3.8) is 0 Å². The van der Waals surface area contributed by atoms with E-state index >= 15 is 0 Å². The van der Waals surface area contributed by atoms with Gasteiger partial charge in [0.25, 0.3) is 0 Å². The Balaban J connectivity index is 1.77. The van der Waals surface area contributed by atoms with Crippen LogP contribution < -0.4 is 0 Å². The number of esters is 2. The summed E-state index contributed by atoms with van der Waals surface area (Å²) in [6.07, 6.45) is -1.19. The van der Waals surface area contributed by atoms with Crippen LogP contribution in [-0.2, 0) is 28.2 Å². The summed E-state index contributed by atoms with van der Waals surface area (Å²) in [7, 11) is -2.12. The van der Waals surface area contributed by atoms with Crippen molar-refractivity contribution in [2.24, 2.45) is 17.3 Å². The third-order valence-corrected chi connectivity index (χ3v) is 8.27. The lowest BCUT2D eigenvalue weighted by Crippen LogP contribution is -2.71. The second kappa shape index (κ2) is 4.21.